The number of anilines is 2. The number of piperidine rings is 1. The Bertz CT molecular complexity index is 1180. The topological polar surface area (TPSA) is 129 Å². The number of nitrogens with zero attached hydrogens (tertiary/aromatic N) is 2. The molecule has 2 aliphatic rings. The lowest BCUT2D eigenvalue weighted by atomic mass is 9.87. The van der Waals surface area contributed by atoms with Gasteiger partial charge in [0.15, 0.2) is 0 Å². The van der Waals surface area contributed by atoms with Gasteiger partial charge in [-0.05, 0) is 55.5 Å². The Balaban J connectivity index is 1.36. The number of carbonyl (C=O) groups excluding carboxylic acids is 3. The van der Waals surface area contributed by atoms with E-state index in [4.69, 9.17) is 5.73 Å². The van der Waals surface area contributed by atoms with Crippen LogP contribution < -0.4 is 26.6 Å². The van der Waals surface area contributed by atoms with Crippen molar-refractivity contribution in [1.82, 2.24) is 15.6 Å². The number of rotatable bonds is 8. The molecule has 192 valence electrons. The maximum atomic E-state index is 13.3. The second-order valence-electron chi connectivity index (χ2n) is 9.26. The molecule has 3 amide bonds. The highest BCUT2D eigenvalue weighted by molar-refractivity contribution is 5.93. The summed E-state index contributed by atoms with van der Waals surface area (Å²) in [6.07, 6.45) is 10.8. The lowest BCUT2D eigenvalue weighted by Crippen LogP contribution is -2.50. The first kappa shape index (κ1) is 25.7. The molecule has 2 unspecified atom stereocenters. The Morgan fingerprint density at radius 3 is 2.54 bits per heavy atom. The van der Waals surface area contributed by atoms with E-state index in [0.717, 1.165) is 31.6 Å². The van der Waals surface area contributed by atoms with E-state index >= 15 is 0 Å². The number of hydrogen-bond donors (Lipinski definition) is 4. The summed E-state index contributed by atoms with van der Waals surface area (Å²) < 4.78 is 0. The van der Waals surface area contributed by atoms with Crippen molar-refractivity contribution in [3.8, 4) is 0 Å². The predicted octanol–water partition coefficient (Wildman–Crippen LogP) is 2.78. The van der Waals surface area contributed by atoms with Crippen LogP contribution in [0.4, 0.5) is 16.2 Å². The number of aromatic nitrogens is 1. The first-order valence-electron chi connectivity index (χ1n) is 12.5. The minimum atomic E-state index is -0.871. The van der Waals surface area contributed by atoms with Gasteiger partial charge in [0.25, 0.3) is 0 Å². The van der Waals surface area contributed by atoms with Gasteiger partial charge >= 0.3 is 6.03 Å². The second-order valence-corrected chi connectivity index (χ2v) is 9.26. The number of nitrogens with two attached hydrogens (primary N) is 1. The molecule has 0 spiro atoms. The normalized spacial score (nSPS) is 18.4. The third kappa shape index (κ3) is 7.08. The van der Waals surface area contributed by atoms with Crippen LogP contribution in [-0.2, 0) is 9.59 Å². The molecular weight excluding hydrogens is 468 g/mol. The van der Waals surface area contributed by atoms with Crippen LogP contribution in [0.15, 0.2) is 84.4 Å². The summed E-state index contributed by atoms with van der Waals surface area (Å²) >= 11 is 0. The number of hydrogen-bond acceptors (Lipinski definition) is 6. The maximum absolute atomic E-state index is 13.3. The first-order valence-corrected chi connectivity index (χ1v) is 12.5. The summed E-state index contributed by atoms with van der Waals surface area (Å²) in [6, 6.07) is 11.6. The summed E-state index contributed by atoms with van der Waals surface area (Å²) in [5, 5.41) is 8.54. The zero-order chi connectivity index (χ0) is 26.0. The number of pyridine rings is 1. The van der Waals surface area contributed by atoms with Gasteiger partial charge in [-0.15, -0.1) is 0 Å². The van der Waals surface area contributed by atoms with E-state index in [9.17, 15) is 14.4 Å². The SMILES string of the molecule is NC1=CC=CC(CC(NC(=O)Nc2ccccc2)C(=O)NCC2CCN(c3ccncc3)CC2)C1=C=O. The smallest absolute Gasteiger partial charge is 0.319 e. The fourth-order valence-corrected chi connectivity index (χ4v) is 4.68. The average Bonchev–Trinajstić information content (AvgIpc) is 2.93. The van der Waals surface area contributed by atoms with E-state index in [2.05, 4.69) is 25.8 Å². The number of allylic oxidation sites excluding steroid dienone is 4. The van der Waals surface area contributed by atoms with Crippen molar-refractivity contribution in [2.24, 2.45) is 17.6 Å². The largest absolute Gasteiger partial charge is 0.398 e. The maximum Gasteiger partial charge on any atom is 0.319 e. The van der Waals surface area contributed by atoms with Crippen LogP contribution in [0, 0.1) is 11.8 Å². The molecule has 9 nitrogen and oxygen atoms in total. The highest BCUT2D eigenvalue weighted by Crippen LogP contribution is 2.25. The molecule has 0 bridgehead atoms. The van der Waals surface area contributed by atoms with E-state index in [1.54, 1.807) is 42.8 Å². The Labute approximate surface area is 216 Å². The minimum Gasteiger partial charge on any atom is -0.398 e. The Kier molecular flexibility index (Phi) is 8.73. The third-order valence-corrected chi connectivity index (χ3v) is 6.76. The van der Waals surface area contributed by atoms with Gasteiger partial charge in [-0.25, -0.2) is 9.59 Å². The van der Waals surface area contributed by atoms with E-state index in [-0.39, 0.29) is 17.9 Å². The molecule has 1 aromatic carbocycles. The van der Waals surface area contributed by atoms with Crippen LogP contribution in [0.3, 0.4) is 0 Å². The highest BCUT2D eigenvalue weighted by atomic mass is 16.2. The number of carbonyl (C=O) groups is 2. The molecule has 0 radical (unpaired) electrons. The predicted molar refractivity (Wildman–Crippen MR) is 143 cm³/mol. The van der Waals surface area contributed by atoms with E-state index in [1.807, 2.05) is 36.3 Å². The number of benzene rings is 1. The first-order chi connectivity index (χ1) is 18.0. The van der Waals surface area contributed by atoms with Gasteiger partial charge in [0, 0.05) is 55.0 Å². The van der Waals surface area contributed by atoms with Gasteiger partial charge in [0.2, 0.25) is 5.91 Å². The molecule has 1 aromatic heterocycles. The van der Waals surface area contributed by atoms with Crippen molar-refractivity contribution >= 4 is 29.3 Å². The molecule has 2 atom stereocenters. The summed E-state index contributed by atoms with van der Waals surface area (Å²) in [5.74, 6) is 1.50. The molecule has 9 heteroatoms. The standard InChI is InChI=1S/C28H32N6O3/c29-25-8-4-5-21(24(25)19-35)17-26(33-28(37)32-22-6-2-1-3-7-22)27(36)31-18-20-11-15-34(16-12-20)23-9-13-30-14-10-23/h1-10,13-14,20-21,26H,11-12,15-18,29H2,(H,31,36)(H2,32,33,37). The molecule has 5 N–H and O–H groups in total. The van der Waals surface area contributed by atoms with Crippen LogP contribution in [0.25, 0.3) is 0 Å². The van der Waals surface area contributed by atoms with Crippen LogP contribution in [-0.4, -0.2) is 48.5 Å². The molecule has 0 saturated carbocycles. The molecule has 1 aliphatic carbocycles. The van der Waals surface area contributed by atoms with Crippen molar-refractivity contribution in [2.45, 2.75) is 25.3 Å². The Morgan fingerprint density at radius 2 is 1.84 bits per heavy atom. The van der Waals surface area contributed by atoms with E-state index in [1.165, 1.54) is 0 Å². The van der Waals surface area contributed by atoms with Crippen LogP contribution in [0.5, 0.6) is 0 Å². The summed E-state index contributed by atoms with van der Waals surface area (Å²) in [5.41, 5.74) is 8.31. The average molecular weight is 501 g/mol. The van der Waals surface area contributed by atoms with Crippen LogP contribution in [0.1, 0.15) is 19.3 Å². The minimum absolute atomic E-state index is 0.185. The molecule has 2 heterocycles. The van der Waals surface area contributed by atoms with Gasteiger partial charge in [-0.1, -0.05) is 30.4 Å². The number of nitrogens with one attached hydrogen (secondary N) is 3. The van der Waals surface area contributed by atoms with Gasteiger partial charge in [0.1, 0.15) is 12.0 Å². The summed E-state index contributed by atoms with van der Waals surface area (Å²) in [6.45, 7) is 2.32. The second kappa shape index (κ2) is 12.6. The fraction of sp³-hybridized carbons (Fsp3) is 0.321. The molecule has 2 aromatic rings. The molecular formula is C28H32N6O3. The van der Waals surface area contributed by atoms with Crippen molar-refractivity contribution in [1.29, 1.82) is 0 Å². The molecule has 1 aliphatic heterocycles. The molecule has 1 saturated heterocycles. The zero-order valence-electron chi connectivity index (χ0n) is 20.6. The third-order valence-electron chi connectivity index (χ3n) is 6.76. The Hall–Kier alpha value is -4.36. The number of amides is 3. The van der Waals surface area contributed by atoms with Crippen LogP contribution in [0.2, 0.25) is 0 Å². The van der Waals surface area contributed by atoms with Crippen LogP contribution >= 0.6 is 0 Å². The van der Waals surface area contributed by atoms with E-state index < -0.39 is 18.0 Å². The lowest BCUT2D eigenvalue weighted by Gasteiger charge is -2.34. The van der Waals surface area contributed by atoms with Gasteiger partial charge < -0.3 is 26.6 Å². The monoisotopic (exact) mass is 500 g/mol. The van der Waals surface area contributed by atoms with Crippen molar-refractivity contribution in [3.05, 3.63) is 84.4 Å². The fourth-order valence-electron chi connectivity index (χ4n) is 4.68. The molecule has 4 rings (SSSR count). The summed E-state index contributed by atoms with van der Waals surface area (Å²) in [7, 11) is 0. The zero-order valence-corrected chi connectivity index (χ0v) is 20.6. The van der Waals surface area contributed by atoms with Crippen molar-refractivity contribution in [2.75, 3.05) is 29.9 Å². The quantitative estimate of drug-likeness (QED) is 0.413. The van der Waals surface area contributed by atoms with Gasteiger partial charge in [0.05, 0.1) is 5.57 Å². The number of urea groups is 1. The summed E-state index contributed by atoms with van der Waals surface area (Å²) in [4.78, 5) is 43.9. The van der Waals surface area contributed by atoms with Crippen molar-refractivity contribution in [3.63, 3.8) is 0 Å². The van der Waals surface area contributed by atoms with Gasteiger partial charge in [-0.3, -0.25) is 9.78 Å². The molecule has 1 fully saturated rings. The van der Waals surface area contributed by atoms with E-state index in [0.29, 0.717) is 23.8 Å². The van der Waals surface area contributed by atoms with Crippen molar-refractivity contribution < 1.29 is 14.4 Å². The Morgan fingerprint density at radius 1 is 1.11 bits per heavy atom. The van der Waals surface area contributed by atoms with Gasteiger partial charge in [-0.2, -0.15) is 0 Å². The molecule has 37 heavy (non-hydrogen) atoms. The highest BCUT2D eigenvalue weighted by Gasteiger charge is 2.29. The number of para-hydroxylation sites is 1. The lowest BCUT2D eigenvalue weighted by molar-refractivity contribution is -0.123.